The van der Waals surface area contributed by atoms with E-state index in [4.69, 9.17) is 10.5 Å². The van der Waals surface area contributed by atoms with E-state index in [1.165, 1.54) is 12.7 Å². The summed E-state index contributed by atoms with van der Waals surface area (Å²) in [6.45, 7) is 0.755. The van der Waals surface area contributed by atoms with Gasteiger partial charge in [-0.2, -0.15) is 11.8 Å². The summed E-state index contributed by atoms with van der Waals surface area (Å²) in [7, 11) is 1.36. The number of fused-ring (bicyclic) bond motifs is 1. The van der Waals surface area contributed by atoms with Crippen molar-refractivity contribution in [3.8, 4) is 5.75 Å². The summed E-state index contributed by atoms with van der Waals surface area (Å²) in [5.74, 6) is 2.65. The number of methoxy groups -OCH3 is 1. The summed E-state index contributed by atoms with van der Waals surface area (Å²) in [6.07, 6.45) is 1.01. The lowest BCUT2D eigenvalue weighted by Gasteiger charge is -2.25. The Labute approximate surface area is 117 Å². The maximum Gasteiger partial charge on any atom is 0.323 e. The first kappa shape index (κ1) is 14.2. The van der Waals surface area contributed by atoms with Crippen LogP contribution in [0.25, 0.3) is 0 Å². The van der Waals surface area contributed by atoms with Crippen molar-refractivity contribution in [3.05, 3.63) is 29.8 Å². The van der Waals surface area contributed by atoms with E-state index in [2.05, 4.69) is 10.8 Å². The molecule has 2 unspecified atom stereocenters. The molecule has 104 valence electrons. The third kappa shape index (κ3) is 3.64. The predicted octanol–water partition coefficient (Wildman–Crippen LogP) is 1.79. The summed E-state index contributed by atoms with van der Waals surface area (Å²) in [4.78, 5) is 11.2. The highest BCUT2D eigenvalue weighted by atomic mass is 32.2. The van der Waals surface area contributed by atoms with Crippen molar-refractivity contribution >= 4 is 17.7 Å². The van der Waals surface area contributed by atoms with Crippen LogP contribution >= 0.6 is 11.8 Å². The lowest BCUT2D eigenvalue weighted by Crippen LogP contribution is -2.34. The molecule has 1 aliphatic heterocycles. The minimum Gasteiger partial charge on any atom is -0.493 e. The van der Waals surface area contributed by atoms with Crippen LogP contribution in [-0.2, 0) is 9.53 Å². The van der Waals surface area contributed by atoms with E-state index < -0.39 is 6.04 Å². The van der Waals surface area contributed by atoms with Crippen molar-refractivity contribution < 1.29 is 14.3 Å². The first-order chi connectivity index (χ1) is 9.22. The van der Waals surface area contributed by atoms with Crippen LogP contribution in [0.15, 0.2) is 24.3 Å². The molecule has 1 aromatic carbocycles. The van der Waals surface area contributed by atoms with Gasteiger partial charge in [-0.1, -0.05) is 18.2 Å². The average molecular weight is 281 g/mol. The molecule has 1 aliphatic rings. The number of thioether (sulfide) groups is 1. The monoisotopic (exact) mass is 281 g/mol. The number of carbonyl (C=O) groups excluding carboxylic acids is 1. The molecule has 2 rings (SSSR count). The molecule has 0 aliphatic carbocycles. The minimum absolute atomic E-state index is 0.347. The second kappa shape index (κ2) is 6.82. The topological polar surface area (TPSA) is 61.5 Å². The maximum absolute atomic E-state index is 11.2. The van der Waals surface area contributed by atoms with Gasteiger partial charge >= 0.3 is 5.97 Å². The number of ether oxygens (including phenoxy) is 2. The smallest absolute Gasteiger partial charge is 0.323 e. The molecule has 4 nitrogen and oxygen atoms in total. The number of nitrogens with two attached hydrogens (primary N) is 1. The molecule has 1 aromatic rings. The van der Waals surface area contributed by atoms with Gasteiger partial charge in [0.15, 0.2) is 0 Å². The Bertz CT molecular complexity index is 438. The molecule has 2 atom stereocenters. The van der Waals surface area contributed by atoms with Crippen LogP contribution in [-0.4, -0.2) is 37.2 Å². The second-order valence-corrected chi connectivity index (χ2v) is 5.61. The first-order valence-electron chi connectivity index (χ1n) is 6.35. The summed E-state index contributed by atoms with van der Waals surface area (Å²) < 4.78 is 10.2. The maximum atomic E-state index is 11.2. The van der Waals surface area contributed by atoms with Gasteiger partial charge in [0.2, 0.25) is 0 Å². The van der Waals surface area contributed by atoms with E-state index in [1.54, 1.807) is 11.8 Å². The number of esters is 1. The first-order valence-corrected chi connectivity index (χ1v) is 7.50. The molecule has 0 aromatic heterocycles. The Morgan fingerprint density at radius 1 is 1.58 bits per heavy atom. The summed E-state index contributed by atoms with van der Waals surface area (Å²) in [5.41, 5.74) is 6.98. The largest absolute Gasteiger partial charge is 0.493 e. The molecule has 0 bridgehead atoms. The molecular weight excluding hydrogens is 262 g/mol. The molecule has 19 heavy (non-hydrogen) atoms. The van der Waals surface area contributed by atoms with Crippen LogP contribution in [0.3, 0.4) is 0 Å². The van der Waals surface area contributed by atoms with Gasteiger partial charge in [-0.3, -0.25) is 4.79 Å². The Kier molecular flexibility index (Phi) is 5.10. The van der Waals surface area contributed by atoms with Gasteiger partial charge < -0.3 is 15.2 Å². The fourth-order valence-electron chi connectivity index (χ4n) is 2.15. The van der Waals surface area contributed by atoms with Crippen molar-refractivity contribution in [3.63, 3.8) is 0 Å². The minimum atomic E-state index is -0.537. The fraction of sp³-hybridized carbons (Fsp3) is 0.500. The van der Waals surface area contributed by atoms with Gasteiger partial charge in [-0.25, -0.2) is 0 Å². The molecule has 0 fully saturated rings. The van der Waals surface area contributed by atoms with Gasteiger partial charge in [0.05, 0.1) is 13.7 Å². The molecule has 0 spiro atoms. The number of hydrogen-bond donors (Lipinski definition) is 1. The third-order valence-corrected chi connectivity index (χ3v) is 4.44. The molecular formula is C14H19NO3S. The van der Waals surface area contributed by atoms with Crippen LogP contribution in [0.4, 0.5) is 0 Å². The van der Waals surface area contributed by atoms with E-state index >= 15 is 0 Å². The molecule has 2 N–H and O–H groups in total. The van der Waals surface area contributed by atoms with Crippen LogP contribution < -0.4 is 10.5 Å². The van der Waals surface area contributed by atoms with E-state index in [9.17, 15) is 4.79 Å². The zero-order chi connectivity index (χ0) is 13.7. The highest BCUT2D eigenvalue weighted by molar-refractivity contribution is 7.99. The van der Waals surface area contributed by atoms with Gasteiger partial charge in [0, 0.05) is 11.5 Å². The zero-order valence-corrected chi connectivity index (χ0v) is 11.8. The van der Waals surface area contributed by atoms with Gasteiger partial charge in [0.1, 0.15) is 11.8 Å². The number of benzene rings is 1. The highest BCUT2D eigenvalue weighted by Gasteiger charge is 2.22. The van der Waals surface area contributed by atoms with Gasteiger partial charge in [-0.15, -0.1) is 0 Å². The van der Waals surface area contributed by atoms with E-state index in [-0.39, 0.29) is 5.97 Å². The quantitative estimate of drug-likeness (QED) is 0.834. The van der Waals surface area contributed by atoms with E-state index in [1.807, 2.05) is 18.2 Å². The van der Waals surface area contributed by atoms with Crippen LogP contribution in [0.2, 0.25) is 0 Å². The van der Waals surface area contributed by atoms with Gasteiger partial charge in [-0.05, 0) is 24.0 Å². The number of carbonyl (C=O) groups is 1. The van der Waals surface area contributed by atoms with Crippen LogP contribution in [0.5, 0.6) is 5.75 Å². The average Bonchev–Trinajstić information content (AvgIpc) is 2.46. The number of rotatable bonds is 5. The summed E-state index contributed by atoms with van der Waals surface area (Å²) in [6, 6.07) is 7.60. The number of hydrogen-bond acceptors (Lipinski definition) is 5. The standard InChI is InChI=1S/C14H19NO3S/c1-17-14(16)12(15)9-19-8-10-6-7-18-13-5-3-2-4-11(10)13/h2-5,10,12H,6-9,15H2,1H3. The Morgan fingerprint density at radius 2 is 2.37 bits per heavy atom. The van der Waals surface area contributed by atoms with Crippen molar-refractivity contribution in [2.24, 2.45) is 5.73 Å². The van der Waals surface area contributed by atoms with Crippen molar-refractivity contribution in [2.75, 3.05) is 25.2 Å². The van der Waals surface area contributed by atoms with E-state index in [0.717, 1.165) is 24.5 Å². The zero-order valence-electron chi connectivity index (χ0n) is 11.0. The molecule has 0 saturated heterocycles. The summed E-state index contributed by atoms with van der Waals surface area (Å²) in [5, 5.41) is 0. The van der Waals surface area contributed by atoms with E-state index in [0.29, 0.717) is 11.7 Å². The highest BCUT2D eigenvalue weighted by Crippen LogP contribution is 2.35. The number of para-hydroxylation sites is 1. The Morgan fingerprint density at radius 3 is 3.16 bits per heavy atom. The van der Waals surface area contributed by atoms with Gasteiger partial charge in [0.25, 0.3) is 0 Å². The normalized spacial score (nSPS) is 19.2. The summed E-state index contributed by atoms with van der Waals surface area (Å²) >= 11 is 1.69. The van der Waals surface area contributed by atoms with Crippen LogP contribution in [0, 0.1) is 0 Å². The van der Waals surface area contributed by atoms with Crippen molar-refractivity contribution in [1.82, 2.24) is 0 Å². The van der Waals surface area contributed by atoms with Crippen molar-refractivity contribution in [1.29, 1.82) is 0 Å². The van der Waals surface area contributed by atoms with Crippen LogP contribution in [0.1, 0.15) is 17.9 Å². The van der Waals surface area contributed by atoms with Crippen molar-refractivity contribution in [2.45, 2.75) is 18.4 Å². The SMILES string of the molecule is COC(=O)C(N)CSCC1CCOc2ccccc21. The third-order valence-electron chi connectivity index (χ3n) is 3.20. The predicted molar refractivity (Wildman–Crippen MR) is 76.6 cm³/mol. The molecule has 0 amide bonds. The Balaban J connectivity index is 1.86. The molecule has 0 saturated carbocycles. The molecule has 5 heteroatoms. The fourth-order valence-corrected chi connectivity index (χ4v) is 3.30. The lowest BCUT2D eigenvalue weighted by molar-refractivity contribution is -0.141. The Hall–Kier alpha value is -1.20. The second-order valence-electron chi connectivity index (χ2n) is 4.54. The molecule has 1 heterocycles. The lowest BCUT2D eigenvalue weighted by atomic mass is 9.95. The molecule has 0 radical (unpaired) electrons.